The Kier molecular flexibility index (Phi) is 1.93. The highest BCUT2D eigenvalue weighted by atomic mass is 32.1. The summed E-state index contributed by atoms with van der Waals surface area (Å²) in [4.78, 5) is 1.27. The van der Waals surface area contributed by atoms with Gasteiger partial charge in [-0.25, -0.2) is 0 Å². The molecular formula is C6H8BOS. The molecule has 0 amide bonds. The topological polar surface area (TPSA) is 20.2 Å². The predicted molar refractivity (Wildman–Crippen MR) is 41.4 cm³/mol. The zero-order valence-corrected chi connectivity index (χ0v) is 6.33. The van der Waals surface area contributed by atoms with Gasteiger partial charge in [-0.3, -0.25) is 0 Å². The van der Waals surface area contributed by atoms with Crippen molar-refractivity contribution in [2.75, 3.05) is 0 Å². The molecular weight excluding hydrogens is 131 g/mol. The smallest absolute Gasteiger partial charge is 0.337 e. The molecule has 0 saturated heterocycles. The van der Waals surface area contributed by atoms with Gasteiger partial charge >= 0.3 is 7.48 Å². The summed E-state index contributed by atoms with van der Waals surface area (Å²) in [7, 11) is 1.14. The van der Waals surface area contributed by atoms with Gasteiger partial charge in [-0.2, -0.15) is 11.3 Å². The third-order valence-corrected chi connectivity index (χ3v) is 2.40. The molecule has 0 fully saturated rings. The van der Waals surface area contributed by atoms with E-state index in [0.29, 0.717) is 0 Å². The molecule has 0 aromatic carbocycles. The molecule has 0 aliphatic carbocycles. The van der Waals surface area contributed by atoms with Crippen LogP contribution in [-0.4, -0.2) is 12.5 Å². The van der Waals surface area contributed by atoms with Gasteiger partial charge in [0.25, 0.3) is 0 Å². The molecule has 0 unspecified atom stereocenters. The van der Waals surface area contributed by atoms with Crippen LogP contribution in [0.2, 0.25) is 0 Å². The van der Waals surface area contributed by atoms with Gasteiger partial charge in [-0.05, 0) is 24.2 Å². The van der Waals surface area contributed by atoms with E-state index >= 15 is 0 Å². The molecule has 0 saturated carbocycles. The van der Waals surface area contributed by atoms with E-state index in [2.05, 4.69) is 0 Å². The summed E-state index contributed by atoms with van der Waals surface area (Å²) < 4.78 is 0.935. The van der Waals surface area contributed by atoms with Crippen molar-refractivity contribution in [3.63, 3.8) is 0 Å². The molecule has 1 N–H and O–H groups in total. The first-order chi connectivity index (χ1) is 4.24. The van der Waals surface area contributed by atoms with Crippen LogP contribution >= 0.6 is 11.3 Å². The van der Waals surface area contributed by atoms with Gasteiger partial charge in [-0.1, -0.05) is 6.07 Å². The molecule has 3 heteroatoms. The van der Waals surface area contributed by atoms with E-state index < -0.39 is 0 Å². The Balaban J connectivity index is 2.98. The Bertz CT molecular complexity index is 187. The van der Waals surface area contributed by atoms with Crippen molar-refractivity contribution in [2.24, 2.45) is 0 Å². The summed E-state index contributed by atoms with van der Waals surface area (Å²) in [6.45, 7) is 4.09. The van der Waals surface area contributed by atoms with Crippen LogP contribution in [0, 0.1) is 13.8 Å². The molecule has 1 aromatic rings. The van der Waals surface area contributed by atoms with Crippen molar-refractivity contribution in [2.45, 2.75) is 13.8 Å². The van der Waals surface area contributed by atoms with Crippen LogP contribution in [-0.2, 0) is 0 Å². The fraction of sp³-hybridized carbons (Fsp3) is 0.333. The lowest BCUT2D eigenvalue weighted by Gasteiger charge is -1.80. The molecule has 1 heterocycles. The molecule has 0 aliphatic rings. The van der Waals surface area contributed by atoms with E-state index in [4.69, 9.17) is 5.02 Å². The van der Waals surface area contributed by atoms with Crippen molar-refractivity contribution in [3.8, 4) is 0 Å². The van der Waals surface area contributed by atoms with Crippen LogP contribution in [0.25, 0.3) is 0 Å². The Hall–Kier alpha value is -0.275. The molecule has 0 bridgehead atoms. The maximum absolute atomic E-state index is 8.56. The Morgan fingerprint density at radius 1 is 1.56 bits per heavy atom. The van der Waals surface area contributed by atoms with E-state index in [1.165, 1.54) is 10.4 Å². The van der Waals surface area contributed by atoms with Crippen LogP contribution in [0.5, 0.6) is 0 Å². The lowest BCUT2D eigenvalue weighted by molar-refractivity contribution is 0.616. The quantitative estimate of drug-likeness (QED) is 0.565. The lowest BCUT2D eigenvalue weighted by atomic mass is 9.99. The predicted octanol–water partition coefficient (Wildman–Crippen LogP) is 0.602. The maximum atomic E-state index is 8.56. The second-order valence-corrected chi connectivity index (χ2v) is 3.30. The highest BCUT2D eigenvalue weighted by molar-refractivity contribution is 7.21. The molecule has 1 nitrogen and oxygen atoms in total. The SMILES string of the molecule is Cc1cc([B]O)sc1C. The van der Waals surface area contributed by atoms with Crippen LogP contribution in [0.1, 0.15) is 10.4 Å². The normalized spacial score (nSPS) is 9.67. The van der Waals surface area contributed by atoms with Gasteiger partial charge in [0.2, 0.25) is 0 Å². The molecule has 1 aromatic heterocycles. The van der Waals surface area contributed by atoms with Crippen molar-refractivity contribution in [1.82, 2.24) is 0 Å². The number of hydrogen-bond donors (Lipinski definition) is 1. The standard InChI is InChI=1S/C6H8BOS/c1-4-3-6(7-8)9-5(4)2/h3,8H,1-2H3. The average molecular weight is 139 g/mol. The number of aryl methyl sites for hydroxylation is 2. The summed E-state index contributed by atoms with van der Waals surface area (Å²) in [5.41, 5.74) is 1.25. The van der Waals surface area contributed by atoms with Gasteiger partial charge in [0.15, 0.2) is 0 Å². The largest absolute Gasteiger partial charge is 0.449 e. The van der Waals surface area contributed by atoms with Crippen LogP contribution < -0.4 is 4.78 Å². The van der Waals surface area contributed by atoms with Gasteiger partial charge in [0.05, 0.1) is 0 Å². The van der Waals surface area contributed by atoms with Gasteiger partial charge in [0, 0.05) is 4.88 Å². The van der Waals surface area contributed by atoms with E-state index in [-0.39, 0.29) is 0 Å². The Morgan fingerprint density at radius 3 is 2.44 bits per heavy atom. The van der Waals surface area contributed by atoms with E-state index in [9.17, 15) is 0 Å². The highest BCUT2D eigenvalue weighted by Crippen LogP contribution is 2.10. The van der Waals surface area contributed by atoms with Crippen molar-refractivity contribution < 1.29 is 5.02 Å². The molecule has 9 heavy (non-hydrogen) atoms. The van der Waals surface area contributed by atoms with Crippen LogP contribution in [0.15, 0.2) is 6.07 Å². The first-order valence-corrected chi connectivity index (χ1v) is 3.60. The summed E-state index contributed by atoms with van der Waals surface area (Å²) in [6, 6.07) is 1.97. The Labute approximate surface area is 59.6 Å². The Morgan fingerprint density at radius 2 is 2.22 bits per heavy atom. The van der Waals surface area contributed by atoms with E-state index in [1.54, 1.807) is 11.3 Å². The number of rotatable bonds is 1. The summed E-state index contributed by atoms with van der Waals surface area (Å²) in [5, 5.41) is 8.56. The first kappa shape index (κ1) is 6.84. The van der Waals surface area contributed by atoms with Crippen molar-refractivity contribution >= 4 is 23.6 Å². The van der Waals surface area contributed by atoms with Crippen LogP contribution in [0.3, 0.4) is 0 Å². The molecule has 1 radical (unpaired) electrons. The number of thiophene rings is 1. The minimum atomic E-state index is 0.935. The van der Waals surface area contributed by atoms with Crippen molar-refractivity contribution in [3.05, 3.63) is 16.5 Å². The zero-order chi connectivity index (χ0) is 6.85. The average Bonchev–Trinajstić information content (AvgIpc) is 2.13. The fourth-order valence-electron chi connectivity index (χ4n) is 0.665. The summed E-state index contributed by atoms with van der Waals surface area (Å²) in [6.07, 6.45) is 0. The first-order valence-electron chi connectivity index (χ1n) is 2.78. The van der Waals surface area contributed by atoms with Gasteiger partial charge in [-0.15, -0.1) is 0 Å². The number of hydrogen-bond acceptors (Lipinski definition) is 2. The minimum absolute atomic E-state index is 0.935. The van der Waals surface area contributed by atoms with Gasteiger partial charge in [0.1, 0.15) is 0 Å². The molecule has 0 aliphatic heterocycles. The van der Waals surface area contributed by atoms with E-state index in [1.807, 2.05) is 19.9 Å². The third-order valence-electron chi connectivity index (χ3n) is 1.31. The lowest BCUT2D eigenvalue weighted by Crippen LogP contribution is -2.06. The monoisotopic (exact) mass is 139 g/mol. The highest BCUT2D eigenvalue weighted by Gasteiger charge is 1.99. The van der Waals surface area contributed by atoms with Gasteiger partial charge < -0.3 is 5.02 Å². The minimum Gasteiger partial charge on any atom is -0.449 e. The fourth-order valence-corrected chi connectivity index (χ4v) is 1.53. The molecule has 0 atom stereocenters. The second-order valence-electron chi connectivity index (χ2n) is 2.02. The van der Waals surface area contributed by atoms with E-state index in [0.717, 1.165) is 12.3 Å². The summed E-state index contributed by atoms with van der Waals surface area (Å²) in [5.74, 6) is 0. The molecule has 0 spiro atoms. The second kappa shape index (κ2) is 2.54. The maximum Gasteiger partial charge on any atom is 0.337 e. The molecule has 47 valence electrons. The third kappa shape index (κ3) is 1.34. The zero-order valence-electron chi connectivity index (χ0n) is 5.51. The van der Waals surface area contributed by atoms with Crippen LogP contribution in [0.4, 0.5) is 0 Å². The molecule has 1 rings (SSSR count). The summed E-state index contributed by atoms with van der Waals surface area (Å²) >= 11 is 1.61. The van der Waals surface area contributed by atoms with Crippen molar-refractivity contribution in [1.29, 1.82) is 0 Å².